The summed E-state index contributed by atoms with van der Waals surface area (Å²) in [5.74, 6) is -3.32. The molecular weight excluding hydrogens is 454 g/mol. The zero-order valence-electron chi connectivity index (χ0n) is 18.0. The summed E-state index contributed by atoms with van der Waals surface area (Å²) in [4.78, 5) is 15.1. The summed E-state index contributed by atoms with van der Waals surface area (Å²) >= 11 is 0. The molecular formula is C23H26F2N2O5S. The largest absolute Gasteiger partial charge is 0.368 e. The lowest BCUT2D eigenvalue weighted by Gasteiger charge is -2.49. The molecule has 4 rings (SSSR count). The molecule has 0 bridgehead atoms. The summed E-state index contributed by atoms with van der Waals surface area (Å²) in [7, 11) is -3.61. The SMILES string of the molecule is CS(=O)(=O)NC1CCCCC1N1C(=O)c2ccccc2C(C(O)O)C1c1ccc(F)cc1F. The number of sulfonamides is 1. The molecule has 1 saturated carbocycles. The number of nitrogens with one attached hydrogen (secondary N) is 1. The predicted molar refractivity (Wildman–Crippen MR) is 117 cm³/mol. The number of amides is 1. The molecule has 0 saturated heterocycles. The van der Waals surface area contributed by atoms with Gasteiger partial charge in [0, 0.05) is 29.3 Å². The van der Waals surface area contributed by atoms with Crippen molar-refractivity contribution in [1.82, 2.24) is 9.62 Å². The summed E-state index contributed by atoms with van der Waals surface area (Å²) in [5.41, 5.74) is 0.505. The van der Waals surface area contributed by atoms with E-state index in [4.69, 9.17) is 0 Å². The number of hydrogen-bond donors (Lipinski definition) is 3. The van der Waals surface area contributed by atoms with Crippen molar-refractivity contribution in [2.24, 2.45) is 0 Å². The third-order valence-electron chi connectivity index (χ3n) is 6.48. The number of carbonyl (C=O) groups excluding carboxylic acids is 1. The lowest BCUT2D eigenvalue weighted by atomic mass is 9.76. The molecule has 10 heteroatoms. The molecule has 0 radical (unpaired) electrons. The molecule has 178 valence electrons. The summed E-state index contributed by atoms with van der Waals surface area (Å²) in [6, 6.07) is 6.87. The van der Waals surface area contributed by atoms with Gasteiger partial charge >= 0.3 is 0 Å². The van der Waals surface area contributed by atoms with Gasteiger partial charge in [-0.15, -0.1) is 0 Å². The fraction of sp³-hybridized carbons (Fsp3) is 0.435. The summed E-state index contributed by atoms with van der Waals surface area (Å²) in [5, 5.41) is 20.7. The Kier molecular flexibility index (Phi) is 6.54. The summed E-state index contributed by atoms with van der Waals surface area (Å²) < 4.78 is 55.4. The molecule has 3 N–H and O–H groups in total. The number of hydrogen-bond acceptors (Lipinski definition) is 5. The highest BCUT2D eigenvalue weighted by molar-refractivity contribution is 7.88. The molecule has 1 aliphatic heterocycles. The van der Waals surface area contributed by atoms with E-state index in [1.807, 2.05) is 0 Å². The van der Waals surface area contributed by atoms with Gasteiger partial charge in [-0.1, -0.05) is 37.1 Å². The quantitative estimate of drug-likeness (QED) is 0.570. The van der Waals surface area contributed by atoms with Crippen LogP contribution in [-0.2, 0) is 10.0 Å². The van der Waals surface area contributed by atoms with Gasteiger partial charge in [0.2, 0.25) is 10.0 Å². The molecule has 1 heterocycles. The van der Waals surface area contributed by atoms with Gasteiger partial charge < -0.3 is 15.1 Å². The van der Waals surface area contributed by atoms with E-state index in [0.717, 1.165) is 18.7 Å². The second kappa shape index (κ2) is 9.09. The van der Waals surface area contributed by atoms with Crippen LogP contribution in [0.25, 0.3) is 0 Å². The Hall–Kier alpha value is -2.40. The molecule has 4 unspecified atom stereocenters. The first-order valence-corrected chi connectivity index (χ1v) is 12.7. The number of rotatable bonds is 5. The number of aliphatic hydroxyl groups is 2. The third kappa shape index (κ3) is 4.65. The molecule has 1 fully saturated rings. The van der Waals surface area contributed by atoms with Crippen molar-refractivity contribution in [3.8, 4) is 0 Å². The van der Waals surface area contributed by atoms with Crippen molar-refractivity contribution >= 4 is 15.9 Å². The first-order valence-electron chi connectivity index (χ1n) is 10.8. The summed E-state index contributed by atoms with van der Waals surface area (Å²) in [6.45, 7) is 0. The number of benzene rings is 2. The Morgan fingerprint density at radius 3 is 2.42 bits per heavy atom. The number of nitrogens with zero attached hydrogens (tertiary/aromatic N) is 1. The van der Waals surface area contributed by atoms with Gasteiger partial charge in [0.15, 0.2) is 6.29 Å². The lowest BCUT2D eigenvalue weighted by Crippen LogP contribution is -2.59. The van der Waals surface area contributed by atoms with Crippen LogP contribution in [0.4, 0.5) is 8.78 Å². The third-order valence-corrected chi connectivity index (χ3v) is 7.21. The van der Waals surface area contributed by atoms with Crippen LogP contribution in [0.15, 0.2) is 42.5 Å². The maximum Gasteiger partial charge on any atom is 0.254 e. The normalized spacial score (nSPS) is 25.9. The van der Waals surface area contributed by atoms with Crippen molar-refractivity contribution in [1.29, 1.82) is 0 Å². The van der Waals surface area contributed by atoms with E-state index >= 15 is 4.39 Å². The minimum absolute atomic E-state index is 0.0685. The Bertz CT molecular complexity index is 1160. The van der Waals surface area contributed by atoms with Crippen molar-refractivity contribution in [3.05, 3.63) is 70.8 Å². The average Bonchev–Trinajstić information content (AvgIpc) is 2.73. The molecule has 2 aliphatic rings. The van der Waals surface area contributed by atoms with Gasteiger partial charge in [0.25, 0.3) is 5.91 Å². The molecule has 1 amide bonds. The first-order chi connectivity index (χ1) is 15.6. The van der Waals surface area contributed by atoms with E-state index in [1.165, 1.54) is 11.0 Å². The Balaban J connectivity index is 1.92. The van der Waals surface area contributed by atoms with E-state index in [1.54, 1.807) is 24.3 Å². The van der Waals surface area contributed by atoms with Crippen LogP contribution in [0.2, 0.25) is 0 Å². The van der Waals surface area contributed by atoms with E-state index in [9.17, 15) is 27.8 Å². The maximum atomic E-state index is 15.0. The van der Waals surface area contributed by atoms with Crippen LogP contribution in [-0.4, -0.2) is 54.1 Å². The van der Waals surface area contributed by atoms with Crippen LogP contribution >= 0.6 is 0 Å². The molecule has 33 heavy (non-hydrogen) atoms. The smallest absolute Gasteiger partial charge is 0.254 e. The number of carbonyl (C=O) groups is 1. The average molecular weight is 481 g/mol. The van der Waals surface area contributed by atoms with Crippen LogP contribution in [0.1, 0.15) is 59.1 Å². The number of fused-ring (bicyclic) bond motifs is 1. The van der Waals surface area contributed by atoms with Gasteiger partial charge in [-0.2, -0.15) is 0 Å². The number of aliphatic hydroxyl groups excluding tert-OH is 1. The van der Waals surface area contributed by atoms with Crippen molar-refractivity contribution in [2.45, 2.75) is 56.0 Å². The molecule has 4 atom stereocenters. The highest BCUT2D eigenvalue weighted by Gasteiger charge is 2.49. The molecule has 0 spiro atoms. The minimum atomic E-state index is -3.61. The van der Waals surface area contributed by atoms with Gasteiger partial charge in [-0.25, -0.2) is 21.9 Å². The van der Waals surface area contributed by atoms with Gasteiger partial charge in [0.05, 0.1) is 18.2 Å². The Morgan fingerprint density at radius 1 is 1.06 bits per heavy atom. The van der Waals surface area contributed by atoms with Crippen molar-refractivity contribution < 1.29 is 32.2 Å². The van der Waals surface area contributed by atoms with Crippen LogP contribution in [0, 0.1) is 11.6 Å². The van der Waals surface area contributed by atoms with Crippen LogP contribution in [0.3, 0.4) is 0 Å². The van der Waals surface area contributed by atoms with Crippen molar-refractivity contribution in [3.63, 3.8) is 0 Å². The van der Waals surface area contributed by atoms with Crippen molar-refractivity contribution in [2.75, 3.05) is 6.26 Å². The van der Waals surface area contributed by atoms with E-state index in [2.05, 4.69) is 4.72 Å². The predicted octanol–water partition coefficient (Wildman–Crippen LogP) is 2.42. The molecule has 2 aromatic rings. The van der Waals surface area contributed by atoms with Gasteiger partial charge in [-0.3, -0.25) is 4.79 Å². The number of halogens is 2. The maximum absolute atomic E-state index is 15.0. The highest BCUT2D eigenvalue weighted by atomic mass is 32.2. The summed E-state index contributed by atoms with van der Waals surface area (Å²) in [6.07, 6.45) is 1.43. The molecule has 1 aliphatic carbocycles. The topological polar surface area (TPSA) is 107 Å². The molecule has 2 aromatic carbocycles. The highest BCUT2D eigenvalue weighted by Crippen LogP contribution is 2.47. The lowest BCUT2D eigenvalue weighted by molar-refractivity contribution is -0.0862. The Labute approximate surface area is 191 Å². The zero-order chi connectivity index (χ0) is 23.9. The first kappa shape index (κ1) is 23.7. The van der Waals surface area contributed by atoms with Gasteiger partial charge in [-0.05, 0) is 30.5 Å². The molecule has 0 aromatic heterocycles. The second-order valence-electron chi connectivity index (χ2n) is 8.70. The monoisotopic (exact) mass is 480 g/mol. The van der Waals surface area contributed by atoms with E-state index < -0.39 is 57.9 Å². The fourth-order valence-electron chi connectivity index (χ4n) is 5.21. The van der Waals surface area contributed by atoms with Gasteiger partial charge in [0.1, 0.15) is 11.6 Å². The molecule has 7 nitrogen and oxygen atoms in total. The Morgan fingerprint density at radius 2 is 1.76 bits per heavy atom. The standard InChI is InChI=1S/C23H26F2N2O5S/c1-33(31,32)26-18-8-4-5-9-19(18)27-21(16-11-10-13(24)12-17(16)25)20(23(29)30)14-6-2-3-7-15(14)22(27)28/h2-3,6-7,10-12,18-21,23,26,29-30H,4-5,8-9H2,1H3. The van der Waals surface area contributed by atoms with Crippen LogP contribution < -0.4 is 4.72 Å². The van der Waals surface area contributed by atoms with Crippen LogP contribution in [0.5, 0.6) is 0 Å². The van der Waals surface area contributed by atoms with E-state index in [0.29, 0.717) is 30.9 Å². The fourth-order valence-corrected chi connectivity index (χ4v) is 6.04. The minimum Gasteiger partial charge on any atom is -0.368 e. The van der Waals surface area contributed by atoms with E-state index in [-0.39, 0.29) is 11.1 Å². The second-order valence-corrected chi connectivity index (χ2v) is 10.5. The zero-order valence-corrected chi connectivity index (χ0v) is 18.8.